The lowest BCUT2D eigenvalue weighted by atomic mass is 10.2. The molecular formula is C16H18ClNO4S2. The molecular weight excluding hydrogens is 370 g/mol. The summed E-state index contributed by atoms with van der Waals surface area (Å²) >= 11 is 5.92. The van der Waals surface area contributed by atoms with Crippen LogP contribution in [0.3, 0.4) is 0 Å². The minimum atomic E-state index is -3.84. The molecule has 0 unspecified atom stereocenters. The molecule has 2 aromatic rings. The Hall–Kier alpha value is -1.41. The van der Waals surface area contributed by atoms with Crippen LogP contribution in [0.5, 0.6) is 0 Å². The highest BCUT2D eigenvalue weighted by molar-refractivity contribution is 7.91. The van der Waals surface area contributed by atoms with Crippen molar-refractivity contribution >= 4 is 31.5 Å². The Morgan fingerprint density at radius 2 is 1.71 bits per heavy atom. The minimum absolute atomic E-state index is 0.0186. The lowest BCUT2D eigenvalue weighted by molar-refractivity contribution is 0.466. The Balaban J connectivity index is 2.43. The summed E-state index contributed by atoms with van der Waals surface area (Å²) < 4.78 is 50.2. The van der Waals surface area contributed by atoms with Crippen molar-refractivity contribution < 1.29 is 16.8 Å². The summed E-state index contributed by atoms with van der Waals surface area (Å²) in [6.45, 7) is 1.76. The van der Waals surface area contributed by atoms with Gasteiger partial charge in [0.25, 0.3) is 0 Å². The smallest absolute Gasteiger partial charge is 0.224 e. The maximum absolute atomic E-state index is 12.8. The lowest BCUT2D eigenvalue weighted by Gasteiger charge is -2.19. The van der Waals surface area contributed by atoms with E-state index in [9.17, 15) is 16.8 Å². The van der Waals surface area contributed by atoms with E-state index >= 15 is 0 Å². The van der Waals surface area contributed by atoms with Gasteiger partial charge in [-0.25, -0.2) is 16.8 Å². The van der Waals surface area contributed by atoms with E-state index in [1.165, 1.54) is 29.6 Å². The number of sulfone groups is 1. The van der Waals surface area contributed by atoms with Gasteiger partial charge in [-0.3, -0.25) is 0 Å². The van der Waals surface area contributed by atoms with Gasteiger partial charge in [0.1, 0.15) is 0 Å². The Morgan fingerprint density at radius 3 is 2.29 bits per heavy atom. The molecule has 0 spiro atoms. The molecule has 0 N–H and O–H groups in total. The monoisotopic (exact) mass is 387 g/mol. The summed E-state index contributed by atoms with van der Waals surface area (Å²) in [6, 6.07) is 11.0. The summed E-state index contributed by atoms with van der Waals surface area (Å²) in [5.74, 6) is 0. The van der Waals surface area contributed by atoms with Gasteiger partial charge in [0.2, 0.25) is 10.0 Å². The third kappa shape index (κ3) is 4.16. The van der Waals surface area contributed by atoms with E-state index in [0.29, 0.717) is 10.6 Å². The average molecular weight is 388 g/mol. The van der Waals surface area contributed by atoms with Crippen LogP contribution in [0.25, 0.3) is 0 Å². The lowest BCUT2D eigenvalue weighted by Crippen LogP contribution is -2.27. The predicted octanol–water partition coefficient (Wildman–Crippen LogP) is 2.87. The highest BCUT2D eigenvalue weighted by Crippen LogP contribution is 2.24. The zero-order valence-corrected chi connectivity index (χ0v) is 15.9. The zero-order chi connectivity index (χ0) is 18.1. The molecule has 0 atom stereocenters. The quantitative estimate of drug-likeness (QED) is 0.790. The molecule has 130 valence electrons. The maximum atomic E-state index is 12.8. The van der Waals surface area contributed by atoms with Crippen molar-refractivity contribution in [2.24, 2.45) is 0 Å². The Morgan fingerprint density at radius 1 is 1.04 bits per heavy atom. The van der Waals surface area contributed by atoms with E-state index in [2.05, 4.69) is 0 Å². The van der Waals surface area contributed by atoms with Gasteiger partial charge < -0.3 is 0 Å². The second-order valence-corrected chi connectivity index (χ2v) is 10.1. The normalized spacial score (nSPS) is 12.5. The van der Waals surface area contributed by atoms with Crippen LogP contribution in [-0.2, 0) is 26.4 Å². The first-order chi connectivity index (χ1) is 11.0. The molecule has 0 bridgehead atoms. The van der Waals surface area contributed by atoms with Gasteiger partial charge in [-0.05, 0) is 42.3 Å². The summed E-state index contributed by atoms with van der Waals surface area (Å²) in [6.07, 6.45) is 1.05. The summed E-state index contributed by atoms with van der Waals surface area (Å²) in [5.41, 5.74) is 1.23. The molecule has 0 aliphatic rings. The predicted molar refractivity (Wildman–Crippen MR) is 94.4 cm³/mol. The molecule has 0 fully saturated rings. The first-order valence-electron chi connectivity index (χ1n) is 7.03. The number of hydrogen-bond acceptors (Lipinski definition) is 4. The Labute approximate surface area is 147 Å². The van der Waals surface area contributed by atoms with Crippen LogP contribution < -0.4 is 0 Å². The van der Waals surface area contributed by atoms with Crippen LogP contribution in [-0.4, -0.2) is 34.4 Å². The molecule has 24 heavy (non-hydrogen) atoms. The number of benzene rings is 2. The van der Waals surface area contributed by atoms with E-state index in [1.54, 1.807) is 31.2 Å². The standard InChI is InChI=1S/C16H18ClNO4S2/c1-12-7-8-15(23(3,19)20)10-16(12)24(21,22)18(2)11-13-5-4-6-14(17)9-13/h4-10H,11H2,1-3H3. The number of halogens is 1. The first kappa shape index (κ1) is 18.9. The molecule has 0 aromatic heterocycles. The number of nitrogens with zero attached hydrogens (tertiary/aromatic N) is 1. The molecule has 0 saturated heterocycles. The number of hydrogen-bond donors (Lipinski definition) is 0. The van der Waals surface area contributed by atoms with Crippen LogP contribution >= 0.6 is 11.6 Å². The van der Waals surface area contributed by atoms with Crippen LogP contribution in [0, 0.1) is 6.92 Å². The molecule has 8 heteroatoms. The molecule has 0 amide bonds. The van der Waals surface area contributed by atoms with Crippen molar-refractivity contribution in [2.75, 3.05) is 13.3 Å². The van der Waals surface area contributed by atoms with E-state index in [4.69, 9.17) is 11.6 Å². The molecule has 5 nitrogen and oxygen atoms in total. The van der Waals surface area contributed by atoms with Crippen molar-refractivity contribution in [3.05, 3.63) is 58.6 Å². The van der Waals surface area contributed by atoms with Crippen LogP contribution in [0.4, 0.5) is 0 Å². The fourth-order valence-corrected chi connectivity index (χ4v) is 4.57. The van der Waals surface area contributed by atoms with Gasteiger partial charge in [0.05, 0.1) is 9.79 Å². The molecule has 2 rings (SSSR count). The van der Waals surface area contributed by atoms with Crippen molar-refractivity contribution in [2.45, 2.75) is 23.3 Å². The Bertz CT molecular complexity index is 969. The Kier molecular flexibility index (Phi) is 5.39. The average Bonchev–Trinajstić information content (AvgIpc) is 2.46. The minimum Gasteiger partial charge on any atom is -0.224 e. The van der Waals surface area contributed by atoms with Gasteiger partial charge >= 0.3 is 0 Å². The van der Waals surface area contributed by atoms with Gasteiger partial charge in [0.15, 0.2) is 9.84 Å². The van der Waals surface area contributed by atoms with E-state index in [-0.39, 0.29) is 16.3 Å². The van der Waals surface area contributed by atoms with Gasteiger partial charge in [-0.15, -0.1) is 0 Å². The van der Waals surface area contributed by atoms with Crippen LogP contribution in [0.1, 0.15) is 11.1 Å². The van der Waals surface area contributed by atoms with Gasteiger partial charge in [0, 0.05) is 24.9 Å². The first-order valence-corrected chi connectivity index (χ1v) is 10.7. The van der Waals surface area contributed by atoms with E-state index < -0.39 is 19.9 Å². The number of sulfonamides is 1. The molecule has 2 aromatic carbocycles. The van der Waals surface area contributed by atoms with Gasteiger partial charge in [-0.2, -0.15) is 4.31 Å². The fraction of sp³-hybridized carbons (Fsp3) is 0.250. The molecule has 0 aliphatic carbocycles. The molecule has 0 aliphatic heterocycles. The SMILES string of the molecule is Cc1ccc(S(C)(=O)=O)cc1S(=O)(=O)N(C)Cc1cccc(Cl)c1. The second-order valence-electron chi connectivity index (χ2n) is 5.59. The third-order valence-corrected chi connectivity index (χ3v) is 6.86. The van der Waals surface area contributed by atoms with E-state index in [1.807, 2.05) is 0 Å². The number of rotatable bonds is 5. The van der Waals surface area contributed by atoms with Crippen molar-refractivity contribution in [1.29, 1.82) is 0 Å². The number of aryl methyl sites for hydroxylation is 1. The van der Waals surface area contributed by atoms with Gasteiger partial charge in [-0.1, -0.05) is 29.8 Å². The highest BCUT2D eigenvalue weighted by atomic mass is 35.5. The third-order valence-electron chi connectivity index (χ3n) is 3.57. The van der Waals surface area contributed by atoms with Crippen LogP contribution in [0.15, 0.2) is 52.3 Å². The maximum Gasteiger partial charge on any atom is 0.243 e. The second kappa shape index (κ2) is 6.84. The van der Waals surface area contributed by atoms with Crippen molar-refractivity contribution in [3.8, 4) is 0 Å². The van der Waals surface area contributed by atoms with E-state index in [0.717, 1.165) is 11.8 Å². The topological polar surface area (TPSA) is 71.5 Å². The van der Waals surface area contributed by atoms with Crippen LogP contribution in [0.2, 0.25) is 5.02 Å². The summed E-state index contributed by atoms with van der Waals surface area (Å²) in [7, 11) is -5.88. The van der Waals surface area contributed by atoms with Crippen molar-refractivity contribution in [1.82, 2.24) is 4.31 Å². The molecule has 0 saturated carbocycles. The van der Waals surface area contributed by atoms with Crippen molar-refractivity contribution in [3.63, 3.8) is 0 Å². The fourth-order valence-electron chi connectivity index (χ4n) is 2.23. The molecule has 0 heterocycles. The largest absolute Gasteiger partial charge is 0.243 e. The summed E-state index contributed by atoms with van der Waals surface area (Å²) in [4.78, 5) is -0.0437. The zero-order valence-electron chi connectivity index (χ0n) is 13.5. The molecule has 0 radical (unpaired) electrons. The summed E-state index contributed by atoms with van der Waals surface area (Å²) in [5, 5.41) is 0.522. The highest BCUT2D eigenvalue weighted by Gasteiger charge is 2.24.